The lowest BCUT2D eigenvalue weighted by Crippen LogP contribution is -2.57. The highest BCUT2D eigenvalue weighted by atomic mass is 32.1. The van der Waals surface area contributed by atoms with E-state index in [-0.39, 0.29) is 18.1 Å². The minimum atomic E-state index is -5.45. The van der Waals surface area contributed by atoms with Gasteiger partial charge in [-0.3, -0.25) is 13.8 Å². The van der Waals surface area contributed by atoms with E-state index in [0.29, 0.717) is 5.57 Å². The van der Waals surface area contributed by atoms with Gasteiger partial charge >= 0.3 is 15.6 Å². The van der Waals surface area contributed by atoms with Crippen molar-refractivity contribution in [1.29, 1.82) is 0 Å². The highest BCUT2D eigenvalue weighted by Crippen LogP contribution is 2.61. The molecule has 0 saturated carbocycles. The van der Waals surface area contributed by atoms with E-state index in [0.717, 1.165) is 0 Å². The van der Waals surface area contributed by atoms with Crippen LogP contribution in [-0.2, 0) is 36.8 Å². The van der Waals surface area contributed by atoms with E-state index in [1.54, 1.807) is 6.92 Å². The second kappa shape index (κ2) is 11.5. The Hall–Kier alpha value is -0.880. The van der Waals surface area contributed by atoms with Crippen LogP contribution in [-0.4, -0.2) is 103 Å². The zero-order valence-corrected chi connectivity index (χ0v) is 21.4. The number of ether oxygens (including phenoxy) is 2. The minimum Gasteiger partial charge on any atom is -0.394 e. The average Bonchev–Trinajstić information content (AvgIpc) is 3.14. The molecule has 36 heavy (non-hydrogen) atoms. The summed E-state index contributed by atoms with van der Waals surface area (Å²) in [5.74, 6) is -0.175. The van der Waals surface area contributed by atoms with Gasteiger partial charge < -0.3 is 49.9 Å². The zero-order valence-electron chi connectivity index (χ0n) is 18.8. The Morgan fingerprint density at radius 3 is 2.50 bits per heavy atom. The van der Waals surface area contributed by atoms with Crippen LogP contribution in [0.5, 0.6) is 0 Å². The Labute approximate surface area is 210 Å². The summed E-state index contributed by atoms with van der Waals surface area (Å²) in [6, 6.07) is 0. The molecule has 1 amide bonds. The van der Waals surface area contributed by atoms with E-state index in [1.807, 2.05) is 0 Å². The van der Waals surface area contributed by atoms with Gasteiger partial charge in [-0.1, -0.05) is 6.58 Å². The Morgan fingerprint density at radius 1 is 1.19 bits per heavy atom. The highest BCUT2D eigenvalue weighted by molar-refractivity contribution is 7.81. The maximum absolute atomic E-state index is 12.2. The largest absolute Gasteiger partial charge is 0.483 e. The number of aliphatic hydroxyl groups excluding tert-OH is 4. The van der Waals surface area contributed by atoms with Gasteiger partial charge in [0.2, 0.25) is 0 Å². The maximum atomic E-state index is 12.2. The number of phosphoric acid groups is 2. The molecule has 2 saturated heterocycles. The van der Waals surface area contributed by atoms with E-state index in [4.69, 9.17) is 9.47 Å². The molecule has 0 aromatic carbocycles. The van der Waals surface area contributed by atoms with Crippen molar-refractivity contribution in [1.82, 2.24) is 10.2 Å². The lowest BCUT2D eigenvalue weighted by Gasteiger charge is -2.40. The Kier molecular flexibility index (Phi) is 9.46. The summed E-state index contributed by atoms with van der Waals surface area (Å²) in [5, 5.41) is 40.9. The quantitative estimate of drug-likeness (QED) is 0.112. The smallest absolute Gasteiger partial charge is 0.394 e. The summed E-state index contributed by atoms with van der Waals surface area (Å²) < 4.78 is 48.6. The fraction of sp³-hybridized carbons (Fsp3) is 0.706. The fourth-order valence-corrected chi connectivity index (χ4v) is 6.06. The molecule has 0 aromatic rings. The van der Waals surface area contributed by atoms with Gasteiger partial charge in [-0.25, -0.2) is 9.13 Å². The Morgan fingerprint density at radius 2 is 1.86 bits per heavy atom. The number of nitrogens with one attached hydrogen (secondary N) is 1. The number of rotatable bonds is 9. The number of hydrogen-bond acceptors (Lipinski definition) is 14. The number of phosphoric ester groups is 2. The molecule has 19 heteroatoms. The van der Waals surface area contributed by atoms with Crippen LogP contribution in [0.1, 0.15) is 13.3 Å². The average molecular weight is 578 g/mol. The first kappa shape index (κ1) is 29.7. The zero-order chi connectivity index (χ0) is 27.0. The van der Waals surface area contributed by atoms with Gasteiger partial charge in [-0.05, 0) is 6.92 Å². The number of nitrogens with zero attached hydrogens (tertiary/aromatic N) is 1. The summed E-state index contributed by atoms with van der Waals surface area (Å²) in [4.78, 5) is 32.9. The summed E-state index contributed by atoms with van der Waals surface area (Å²) >= 11 is 3.96. The number of hydrogen-bond donors (Lipinski definition) is 8. The van der Waals surface area contributed by atoms with Crippen molar-refractivity contribution in [2.75, 3.05) is 13.2 Å². The summed E-state index contributed by atoms with van der Waals surface area (Å²) in [6.45, 7) is 3.80. The predicted molar refractivity (Wildman–Crippen MR) is 120 cm³/mol. The lowest BCUT2D eigenvalue weighted by molar-refractivity contribution is -0.241. The standard InChI is InChI=1S/C17H28N2O14P2S/c1-7-4-19(8(2)18-16(7)24)12-3-9(21)11(30-12)6-29-34(25,26)33-35(27,28)32-17-14(23)13(22)15(36)10(5-20)31-17/h4,9-15,17,20-23,36H,2-3,5-6H2,1H3,(H,18,24)(H,25,26)(H,27,28)/t9?,10?,11-,12-,13-,14?,15+,17+/m1/s1. The number of aliphatic hydroxyl groups is 4. The monoisotopic (exact) mass is 578 g/mol. The van der Waals surface area contributed by atoms with Crippen LogP contribution in [0, 0.1) is 0 Å². The van der Waals surface area contributed by atoms with Gasteiger partial charge in [-0.15, -0.1) is 0 Å². The third-order valence-corrected chi connectivity index (χ3v) is 8.71. The molecule has 7 N–H and O–H groups in total. The van der Waals surface area contributed by atoms with E-state index in [2.05, 4.69) is 37.9 Å². The molecular formula is C17H28N2O14P2S. The van der Waals surface area contributed by atoms with E-state index in [9.17, 15) is 44.1 Å². The highest BCUT2D eigenvalue weighted by Gasteiger charge is 2.48. The first-order chi connectivity index (χ1) is 16.6. The van der Waals surface area contributed by atoms with Gasteiger partial charge in [0.1, 0.15) is 24.3 Å². The second-order valence-corrected chi connectivity index (χ2v) is 11.8. The molecule has 0 aromatic heterocycles. The molecule has 3 aliphatic rings. The van der Waals surface area contributed by atoms with E-state index < -0.39 is 77.1 Å². The second-order valence-electron chi connectivity index (χ2n) is 8.17. The predicted octanol–water partition coefficient (Wildman–Crippen LogP) is -1.74. The molecule has 0 bridgehead atoms. The Bertz CT molecular complexity index is 981. The van der Waals surface area contributed by atoms with Gasteiger partial charge in [0.15, 0.2) is 6.29 Å². The number of amides is 1. The van der Waals surface area contributed by atoms with Crippen molar-refractivity contribution in [2.24, 2.45) is 0 Å². The van der Waals surface area contributed by atoms with Crippen LogP contribution in [0.2, 0.25) is 0 Å². The molecular weight excluding hydrogens is 550 g/mol. The van der Waals surface area contributed by atoms with Crippen LogP contribution in [0.4, 0.5) is 0 Å². The van der Waals surface area contributed by atoms with Crippen molar-refractivity contribution in [2.45, 2.75) is 61.6 Å². The van der Waals surface area contributed by atoms with Crippen molar-refractivity contribution < 1.29 is 67.0 Å². The fourth-order valence-electron chi connectivity index (χ4n) is 3.56. The van der Waals surface area contributed by atoms with Crippen molar-refractivity contribution in [3.8, 4) is 0 Å². The van der Waals surface area contributed by atoms with Crippen LogP contribution in [0.25, 0.3) is 0 Å². The third-order valence-electron chi connectivity index (χ3n) is 5.47. The number of carbonyl (C=O) groups is 1. The van der Waals surface area contributed by atoms with Crippen LogP contribution in [0.3, 0.4) is 0 Å². The molecule has 3 heterocycles. The van der Waals surface area contributed by atoms with Crippen molar-refractivity contribution in [3.63, 3.8) is 0 Å². The van der Waals surface area contributed by atoms with Crippen LogP contribution in [0.15, 0.2) is 24.2 Å². The van der Waals surface area contributed by atoms with Gasteiger partial charge in [0.25, 0.3) is 5.91 Å². The maximum Gasteiger partial charge on any atom is 0.483 e. The molecule has 3 aliphatic heterocycles. The van der Waals surface area contributed by atoms with Gasteiger partial charge in [-0.2, -0.15) is 16.9 Å². The molecule has 0 spiro atoms. The molecule has 10 atom stereocenters. The molecule has 0 aliphatic carbocycles. The van der Waals surface area contributed by atoms with E-state index in [1.165, 1.54) is 11.1 Å². The molecule has 5 unspecified atom stereocenters. The molecule has 2 fully saturated rings. The first-order valence-electron chi connectivity index (χ1n) is 10.4. The van der Waals surface area contributed by atoms with Crippen molar-refractivity contribution in [3.05, 3.63) is 24.2 Å². The Balaban J connectivity index is 1.56. The minimum absolute atomic E-state index is 0.00226. The first-order valence-corrected chi connectivity index (χ1v) is 14.0. The molecule has 0 radical (unpaired) electrons. The molecule has 16 nitrogen and oxygen atoms in total. The SMILES string of the molecule is C=C1NC(=O)C(C)=CN1[C@H]1CC(O)[C@@H](COP(=O)(O)OP(=O)(O)O[C@@H]2OC(CO)[C@H](S)[C@H](O)C2O)O1. The van der Waals surface area contributed by atoms with Gasteiger partial charge in [0.05, 0.1) is 36.8 Å². The topological polar surface area (TPSA) is 234 Å². The molecule has 206 valence electrons. The lowest BCUT2D eigenvalue weighted by atomic mass is 10.0. The molecule has 3 rings (SSSR count). The van der Waals surface area contributed by atoms with Crippen LogP contribution >= 0.6 is 28.3 Å². The number of thiol groups is 1. The van der Waals surface area contributed by atoms with Crippen molar-refractivity contribution >= 4 is 34.2 Å². The summed E-state index contributed by atoms with van der Waals surface area (Å²) in [7, 11) is -10.8. The number of carbonyl (C=O) groups excluding carboxylic acids is 1. The van der Waals surface area contributed by atoms with E-state index >= 15 is 0 Å². The van der Waals surface area contributed by atoms with Gasteiger partial charge in [0, 0.05) is 18.2 Å². The normalized spacial score (nSPS) is 38.8. The third kappa shape index (κ3) is 6.95. The summed E-state index contributed by atoms with van der Waals surface area (Å²) in [6.07, 6.45) is -8.49. The van der Waals surface area contributed by atoms with Crippen LogP contribution < -0.4 is 5.32 Å². The summed E-state index contributed by atoms with van der Waals surface area (Å²) in [5.41, 5.74) is 0.349.